The summed E-state index contributed by atoms with van der Waals surface area (Å²) in [6, 6.07) is 0. The first-order valence-corrected chi connectivity index (χ1v) is 7.51. The van der Waals surface area contributed by atoms with Crippen molar-refractivity contribution in [1.82, 2.24) is 0 Å². The molecule has 2 aliphatic rings. The first kappa shape index (κ1) is 13.1. The predicted molar refractivity (Wildman–Crippen MR) is 74.8 cm³/mol. The highest BCUT2D eigenvalue weighted by Crippen LogP contribution is 2.35. The summed E-state index contributed by atoms with van der Waals surface area (Å²) in [4.78, 5) is 0. The minimum Gasteiger partial charge on any atom is -0.326 e. The minimum absolute atomic E-state index is 0.788. The molecular formula is C16H30N+. The van der Waals surface area contributed by atoms with E-state index in [1.54, 1.807) is 5.57 Å². The molecule has 0 N–H and O–H groups in total. The van der Waals surface area contributed by atoms with Crippen LogP contribution in [-0.4, -0.2) is 31.2 Å². The number of quaternary nitrogens is 1. The van der Waals surface area contributed by atoms with Crippen LogP contribution in [0.15, 0.2) is 11.6 Å². The Morgan fingerprint density at radius 1 is 1.18 bits per heavy atom. The van der Waals surface area contributed by atoms with E-state index in [1.807, 2.05) is 0 Å². The van der Waals surface area contributed by atoms with E-state index in [0.29, 0.717) is 0 Å². The van der Waals surface area contributed by atoms with E-state index in [-0.39, 0.29) is 0 Å². The van der Waals surface area contributed by atoms with Crippen molar-refractivity contribution in [2.75, 3.05) is 26.7 Å². The smallest absolute Gasteiger partial charge is 0.0821 e. The van der Waals surface area contributed by atoms with Crippen molar-refractivity contribution in [2.24, 2.45) is 17.8 Å². The Bertz CT molecular complexity index is 286. The molecule has 1 saturated heterocycles. The molecule has 0 amide bonds. The third-order valence-corrected chi connectivity index (χ3v) is 5.15. The van der Waals surface area contributed by atoms with Crippen LogP contribution in [0.5, 0.6) is 0 Å². The third kappa shape index (κ3) is 3.13. The zero-order valence-electron chi connectivity index (χ0n) is 12.2. The van der Waals surface area contributed by atoms with Crippen LogP contribution >= 0.6 is 0 Å². The van der Waals surface area contributed by atoms with Crippen molar-refractivity contribution in [1.29, 1.82) is 0 Å². The molecule has 0 aromatic rings. The van der Waals surface area contributed by atoms with Gasteiger partial charge in [-0.15, -0.1) is 0 Å². The molecular weight excluding hydrogens is 206 g/mol. The molecule has 2 rings (SSSR count). The molecule has 17 heavy (non-hydrogen) atoms. The summed E-state index contributed by atoms with van der Waals surface area (Å²) in [5, 5.41) is 0. The van der Waals surface area contributed by atoms with Gasteiger partial charge in [-0.2, -0.15) is 0 Å². The first-order chi connectivity index (χ1) is 8.00. The summed E-state index contributed by atoms with van der Waals surface area (Å²) < 4.78 is 1.34. The standard InChI is InChI=1S/C16H30N/c1-13-10-14(2)16(15(3)11-13)12-17(4)8-6-5-7-9-17/h10,14-16H,5-9,11-12H2,1-4H3/q+1/t14-,15+,16+/m1/s1. The number of allylic oxidation sites excluding steroid dienone is 2. The molecule has 1 heteroatoms. The zero-order chi connectivity index (χ0) is 12.5. The van der Waals surface area contributed by atoms with E-state index in [2.05, 4.69) is 33.9 Å². The van der Waals surface area contributed by atoms with Crippen molar-refractivity contribution in [3.05, 3.63) is 11.6 Å². The lowest BCUT2D eigenvalue weighted by Gasteiger charge is -2.44. The summed E-state index contributed by atoms with van der Waals surface area (Å²) in [5.41, 5.74) is 1.61. The van der Waals surface area contributed by atoms with Gasteiger partial charge < -0.3 is 4.48 Å². The van der Waals surface area contributed by atoms with Crippen molar-refractivity contribution in [2.45, 2.75) is 46.5 Å². The van der Waals surface area contributed by atoms with Crippen LogP contribution in [0.4, 0.5) is 0 Å². The summed E-state index contributed by atoms with van der Waals surface area (Å²) >= 11 is 0. The lowest BCUT2D eigenvalue weighted by molar-refractivity contribution is -0.918. The second-order valence-electron chi connectivity index (χ2n) is 7.03. The Balaban J connectivity index is 2.02. The van der Waals surface area contributed by atoms with Gasteiger partial charge in [0.1, 0.15) is 0 Å². The normalized spacial score (nSPS) is 37.6. The Morgan fingerprint density at radius 3 is 2.41 bits per heavy atom. The van der Waals surface area contributed by atoms with Gasteiger partial charge in [0.15, 0.2) is 0 Å². The average molecular weight is 236 g/mol. The molecule has 0 radical (unpaired) electrons. The lowest BCUT2D eigenvalue weighted by atomic mass is 9.74. The van der Waals surface area contributed by atoms with Gasteiger partial charge in [-0.3, -0.25) is 0 Å². The van der Waals surface area contributed by atoms with Crippen LogP contribution in [0, 0.1) is 17.8 Å². The molecule has 0 aromatic carbocycles. The second kappa shape index (κ2) is 5.14. The molecule has 1 fully saturated rings. The van der Waals surface area contributed by atoms with Crippen LogP contribution in [0.2, 0.25) is 0 Å². The fourth-order valence-electron chi connectivity index (χ4n) is 4.13. The van der Waals surface area contributed by atoms with E-state index in [4.69, 9.17) is 0 Å². The largest absolute Gasteiger partial charge is 0.326 e. The Labute approximate surface area is 107 Å². The van der Waals surface area contributed by atoms with Crippen molar-refractivity contribution in [3.63, 3.8) is 0 Å². The highest BCUT2D eigenvalue weighted by atomic mass is 15.3. The summed E-state index contributed by atoms with van der Waals surface area (Å²) in [6.45, 7) is 11.4. The second-order valence-corrected chi connectivity index (χ2v) is 7.03. The van der Waals surface area contributed by atoms with Gasteiger partial charge in [0.2, 0.25) is 0 Å². The molecule has 0 spiro atoms. The summed E-state index contributed by atoms with van der Waals surface area (Å²) in [7, 11) is 2.49. The van der Waals surface area contributed by atoms with Crippen molar-refractivity contribution < 1.29 is 4.48 Å². The van der Waals surface area contributed by atoms with E-state index in [9.17, 15) is 0 Å². The zero-order valence-corrected chi connectivity index (χ0v) is 12.2. The maximum absolute atomic E-state index is 2.53. The highest BCUT2D eigenvalue weighted by Gasteiger charge is 2.35. The summed E-state index contributed by atoms with van der Waals surface area (Å²) in [6.07, 6.45) is 8.21. The molecule has 0 unspecified atom stereocenters. The number of likely N-dealkylation sites (tertiary alicyclic amines) is 1. The third-order valence-electron chi connectivity index (χ3n) is 5.15. The number of hydrogen-bond acceptors (Lipinski definition) is 0. The number of piperidine rings is 1. The maximum Gasteiger partial charge on any atom is 0.0821 e. The Kier molecular flexibility index (Phi) is 3.97. The minimum atomic E-state index is 0.788. The van der Waals surface area contributed by atoms with Crippen LogP contribution in [0.3, 0.4) is 0 Å². The maximum atomic E-state index is 2.53. The molecule has 1 aliphatic heterocycles. The lowest BCUT2D eigenvalue weighted by Crippen LogP contribution is -2.52. The SMILES string of the molecule is CC1=C[C@@H](C)[C@H](C[N+]2(C)CCCCC2)[C@@H](C)C1. The van der Waals surface area contributed by atoms with Crippen molar-refractivity contribution >= 4 is 0 Å². The average Bonchev–Trinajstić information content (AvgIpc) is 2.24. The van der Waals surface area contributed by atoms with Crippen LogP contribution in [0.25, 0.3) is 0 Å². The van der Waals surface area contributed by atoms with Gasteiger partial charge in [-0.25, -0.2) is 0 Å². The van der Waals surface area contributed by atoms with E-state index in [1.165, 1.54) is 49.8 Å². The Hall–Kier alpha value is -0.300. The van der Waals surface area contributed by atoms with Gasteiger partial charge >= 0.3 is 0 Å². The molecule has 0 bridgehead atoms. The van der Waals surface area contributed by atoms with Gasteiger partial charge in [0, 0.05) is 5.92 Å². The Morgan fingerprint density at radius 2 is 1.82 bits per heavy atom. The van der Waals surface area contributed by atoms with Crippen LogP contribution < -0.4 is 0 Å². The van der Waals surface area contributed by atoms with E-state index < -0.39 is 0 Å². The highest BCUT2D eigenvalue weighted by molar-refractivity contribution is 5.08. The van der Waals surface area contributed by atoms with Crippen molar-refractivity contribution in [3.8, 4) is 0 Å². The number of nitrogens with zero attached hydrogens (tertiary/aromatic N) is 1. The molecule has 3 atom stereocenters. The van der Waals surface area contributed by atoms with Gasteiger partial charge in [0.05, 0.1) is 26.7 Å². The summed E-state index contributed by atoms with van der Waals surface area (Å²) in [5.74, 6) is 2.57. The van der Waals surface area contributed by atoms with Gasteiger partial charge in [-0.05, 0) is 44.4 Å². The first-order valence-electron chi connectivity index (χ1n) is 7.51. The predicted octanol–water partition coefficient (Wildman–Crippen LogP) is 3.86. The van der Waals surface area contributed by atoms with Crippen LogP contribution in [-0.2, 0) is 0 Å². The van der Waals surface area contributed by atoms with E-state index >= 15 is 0 Å². The monoisotopic (exact) mass is 236 g/mol. The van der Waals surface area contributed by atoms with E-state index in [0.717, 1.165) is 17.8 Å². The molecule has 0 saturated carbocycles. The van der Waals surface area contributed by atoms with Gasteiger partial charge in [0.25, 0.3) is 0 Å². The number of rotatable bonds is 2. The molecule has 1 aliphatic carbocycles. The van der Waals surface area contributed by atoms with Gasteiger partial charge in [-0.1, -0.05) is 25.5 Å². The quantitative estimate of drug-likeness (QED) is 0.504. The molecule has 1 heterocycles. The molecule has 1 nitrogen and oxygen atoms in total. The van der Waals surface area contributed by atoms with Crippen LogP contribution in [0.1, 0.15) is 46.5 Å². The fourth-order valence-corrected chi connectivity index (χ4v) is 4.13. The topological polar surface area (TPSA) is 0 Å². The number of hydrogen-bond donors (Lipinski definition) is 0. The fraction of sp³-hybridized carbons (Fsp3) is 0.875. The molecule has 0 aromatic heterocycles. The molecule has 98 valence electrons.